The Labute approximate surface area is 170 Å². The van der Waals surface area contributed by atoms with Crippen LogP contribution in [0.1, 0.15) is 34.1 Å². The van der Waals surface area contributed by atoms with Crippen LogP contribution in [-0.4, -0.2) is 45.3 Å². The molecule has 1 aliphatic rings. The highest BCUT2D eigenvalue weighted by Gasteiger charge is 2.28. The first-order chi connectivity index (χ1) is 14.2. The van der Waals surface area contributed by atoms with E-state index in [0.717, 1.165) is 29.7 Å². The van der Waals surface area contributed by atoms with Gasteiger partial charge in [0.05, 0.1) is 17.9 Å². The smallest absolute Gasteiger partial charge is 0.341 e. The number of amides is 1. The second-order valence-corrected chi connectivity index (χ2v) is 7.48. The number of anilines is 1. The van der Waals surface area contributed by atoms with Crippen molar-refractivity contribution in [1.82, 2.24) is 20.2 Å². The zero-order valence-electron chi connectivity index (χ0n) is 15.8. The van der Waals surface area contributed by atoms with Crippen LogP contribution in [0.2, 0.25) is 0 Å². The number of benzene rings is 1. The van der Waals surface area contributed by atoms with Gasteiger partial charge < -0.3 is 14.8 Å². The van der Waals surface area contributed by atoms with Crippen molar-refractivity contribution in [3.8, 4) is 11.4 Å². The summed E-state index contributed by atoms with van der Waals surface area (Å²) in [5, 5.41) is 14.4. The fourth-order valence-corrected chi connectivity index (χ4v) is 4.51. The average molecular weight is 413 g/mol. The molecule has 0 fully saturated rings. The minimum Gasteiger partial charge on any atom is -0.484 e. The topological polar surface area (TPSA) is 108 Å². The third-order valence-electron chi connectivity index (χ3n) is 4.45. The standard InChI is InChI=1S/C19H19N5O4S/c1-2-27-19(26)17-14-7-4-8-15(14)29-18(17)21-16(25)10-28-13-6-3-5-12(9-13)24-11-20-22-23-24/h3,5-6,9,11H,2,4,7-8,10H2,1H3,(H,21,25). The number of aromatic nitrogens is 4. The number of tetrazole rings is 1. The molecule has 0 saturated carbocycles. The maximum Gasteiger partial charge on any atom is 0.341 e. The van der Waals surface area contributed by atoms with Crippen LogP contribution in [-0.2, 0) is 22.4 Å². The first kappa shape index (κ1) is 19.1. The summed E-state index contributed by atoms with van der Waals surface area (Å²) in [5.41, 5.74) is 2.20. The van der Waals surface area contributed by atoms with E-state index in [9.17, 15) is 9.59 Å². The lowest BCUT2D eigenvalue weighted by molar-refractivity contribution is -0.118. The molecule has 2 aromatic heterocycles. The van der Waals surface area contributed by atoms with E-state index in [1.807, 2.05) is 6.07 Å². The van der Waals surface area contributed by atoms with Gasteiger partial charge in [-0.05, 0) is 54.3 Å². The van der Waals surface area contributed by atoms with Gasteiger partial charge in [-0.25, -0.2) is 9.48 Å². The van der Waals surface area contributed by atoms with Crippen molar-refractivity contribution in [2.24, 2.45) is 0 Å². The van der Waals surface area contributed by atoms with Gasteiger partial charge in [0.2, 0.25) is 0 Å². The summed E-state index contributed by atoms with van der Waals surface area (Å²) in [7, 11) is 0. The van der Waals surface area contributed by atoms with E-state index >= 15 is 0 Å². The lowest BCUT2D eigenvalue weighted by atomic mass is 10.1. The predicted octanol–water partition coefficient (Wildman–Crippen LogP) is 2.41. The minimum atomic E-state index is -0.391. The second-order valence-electron chi connectivity index (χ2n) is 6.37. The predicted molar refractivity (Wildman–Crippen MR) is 106 cm³/mol. The number of fused-ring (bicyclic) bond motifs is 1. The number of thiophene rings is 1. The van der Waals surface area contributed by atoms with Crippen molar-refractivity contribution in [2.75, 3.05) is 18.5 Å². The molecule has 0 radical (unpaired) electrons. The lowest BCUT2D eigenvalue weighted by Crippen LogP contribution is -2.21. The summed E-state index contributed by atoms with van der Waals surface area (Å²) >= 11 is 1.44. The highest BCUT2D eigenvalue weighted by molar-refractivity contribution is 7.17. The molecule has 0 unspecified atom stereocenters. The Morgan fingerprint density at radius 3 is 3.00 bits per heavy atom. The number of rotatable bonds is 7. The summed E-state index contributed by atoms with van der Waals surface area (Å²) in [6.45, 7) is 1.86. The van der Waals surface area contributed by atoms with Crippen molar-refractivity contribution >= 4 is 28.2 Å². The molecular formula is C19H19N5O4S. The molecule has 4 rings (SSSR count). The van der Waals surface area contributed by atoms with Gasteiger partial charge in [0, 0.05) is 10.9 Å². The molecule has 0 aliphatic heterocycles. The van der Waals surface area contributed by atoms with Crippen LogP contribution in [0.3, 0.4) is 0 Å². The van der Waals surface area contributed by atoms with Crippen LogP contribution in [0.5, 0.6) is 5.75 Å². The molecule has 150 valence electrons. The van der Waals surface area contributed by atoms with Crippen LogP contribution in [0.15, 0.2) is 30.6 Å². The van der Waals surface area contributed by atoms with E-state index in [1.165, 1.54) is 22.3 Å². The van der Waals surface area contributed by atoms with E-state index in [-0.39, 0.29) is 19.1 Å². The van der Waals surface area contributed by atoms with Crippen molar-refractivity contribution in [2.45, 2.75) is 26.2 Å². The van der Waals surface area contributed by atoms with Gasteiger partial charge in [0.25, 0.3) is 5.91 Å². The van der Waals surface area contributed by atoms with Gasteiger partial charge in [-0.2, -0.15) is 0 Å². The first-order valence-electron chi connectivity index (χ1n) is 9.23. The fraction of sp³-hybridized carbons (Fsp3) is 0.316. The summed E-state index contributed by atoms with van der Waals surface area (Å²) < 4.78 is 12.3. The highest BCUT2D eigenvalue weighted by atomic mass is 32.1. The summed E-state index contributed by atoms with van der Waals surface area (Å²) in [6, 6.07) is 7.08. The molecule has 1 N–H and O–H groups in total. The Morgan fingerprint density at radius 2 is 2.21 bits per heavy atom. The molecule has 1 aromatic carbocycles. The molecule has 9 nitrogen and oxygen atoms in total. The molecule has 0 atom stereocenters. The maximum atomic E-state index is 12.4. The SMILES string of the molecule is CCOC(=O)c1c(NC(=O)COc2cccc(-n3cnnn3)c2)sc2c1CCC2. The van der Waals surface area contributed by atoms with Gasteiger partial charge in [-0.1, -0.05) is 6.07 Å². The number of esters is 1. The van der Waals surface area contributed by atoms with Crippen LogP contribution >= 0.6 is 11.3 Å². The molecule has 0 saturated heterocycles. The fourth-order valence-electron chi connectivity index (χ4n) is 3.22. The Morgan fingerprint density at radius 1 is 1.31 bits per heavy atom. The van der Waals surface area contributed by atoms with Crippen LogP contribution < -0.4 is 10.1 Å². The van der Waals surface area contributed by atoms with Crippen molar-refractivity contribution < 1.29 is 19.1 Å². The van der Waals surface area contributed by atoms with Crippen LogP contribution in [0, 0.1) is 0 Å². The lowest BCUT2D eigenvalue weighted by Gasteiger charge is -2.10. The summed E-state index contributed by atoms with van der Waals surface area (Å²) in [5.74, 6) is -0.229. The van der Waals surface area contributed by atoms with Crippen molar-refractivity contribution in [3.63, 3.8) is 0 Å². The van der Waals surface area contributed by atoms with Gasteiger partial charge in [0.1, 0.15) is 17.1 Å². The molecular weight excluding hydrogens is 394 g/mol. The quantitative estimate of drug-likeness (QED) is 0.593. The zero-order valence-corrected chi connectivity index (χ0v) is 16.6. The average Bonchev–Trinajstić information content (AvgIpc) is 3.44. The minimum absolute atomic E-state index is 0.191. The number of ether oxygens (including phenoxy) is 2. The Bertz CT molecular complexity index is 1030. The molecule has 10 heteroatoms. The Hall–Kier alpha value is -3.27. The molecule has 3 aromatic rings. The molecule has 0 bridgehead atoms. The number of carbonyl (C=O) groups is 2. The Kier molecular flexibility index (Phi) is 5.52. The number of aryl methyl sites for hydroxylation is 1. The van der Waals surface area contributed by atoms with Gasteiger partial charge in [0.15, 0.2) is 6.61 Å². The van der Waals surface area contributed by atoms with Gasteiger partial charge in [-0.3, -0.25) is 4.79 Å². The molecule has 1 amide bonds. The zero-order chi connectivity index (χ0) is 20.2. The van der Waals surface area contributed by atoms with E-state index in [4.69, 9.17) is 9.47 Å². The number of nitrogens with zero attached hydrogens (tertiary/aromatic N) is 4. The largest absolute Gasteiger partial charge is 0.484 e. The first-order valence-corrected chi connectivity index (χ1v) is 10.0. The normalized spacial score (nSPS) is 12.4. The number of hydrogen-bond acceptors (Lipinski definition) is 8. The van der Waals surface area contributed by atoms with E-state index in [2.05, 4.69) is 20.8 Å². The van der Waals surface area contributed by atoms with Gasteiger partial charge >= 0.3 is 5.97 Å². The van der Waals surface area contributed by atoms with Crippen LogP contribution in [0.25, 0.3) is 5.69 Å². The van der Waals surface area contributed by atoms with Crippen molar-refractivity contribution in [1.29, 1.82) is 0 Å². The van der Waals surface area contributed by atoms with E-state index in [1.54, 1.807) is 25.1 Å². The maximum absolute atomic E-state index is 12.4. The number of hydrogen-bond donors (Lipinski definition) is 1. The molecule has 29 heavy (non-hydrogen) atoms. The van der Waals surface area contributed by atoms with Crippen molar-refractivity contribution in [3.05, 3.63) is 46.6 Å². The summed E-state index contributed by atoms with van der Waals surface area (Å²) in [4.78, 5) is 26.0. The van der Waals surface area contributed by atoms with Crippen LogP contribution in [0.4, 0.5) is 5.00 Å². The third kappa shape index (κ3) is 4.11. The molecule has 2 heterocycles. The monoisotopic (exact) mass is 413 g/mol. The third-order valence-corrected chi connectivity index (χ3v) is 5.66. The van der Waals surface area contributed by atoms with Gasteiger partial charge in [-0.15, -0.1) is 16.4 Å². The Balaban J connectivity index is 1.43. The van der Waals surface area contributed by atoms with E-state index in [0.29, 0.717) is 22.0 Å². The van der Waals surface area contributed by atoms with E-state index < -0.39 is 5.97 Å². The molecule has 0 spiro atoms. The highest BCUT2D eigenvalue weighted by Crippen LogP contribution is 2.39. The second kappa shape index (κ2) is 8.39. The summed E-state index contributed by atoms with van der Waals surface area (Å²) in [6.07, 6.45) is 4.24. The number of carbonyl (C=O) groups excluding carboxylic acids is 2. The molecule has 1 aliphatic carbocycles. The number of nitrogens with one attached hydrogen (secondary N) is 1.